The Balaban J connectivity index is 2.07. The van der Waals surface area contributed by atoms with Gasteiger partial charge >= 0.3 is 0 Å². The van der Waals surface area contributed by atoms with Crippen LogP contribution in [0.1, 0.15) is 70.3 Å². The van der Waals surface area contributed by atoms with Crippen molar-refractivity contribution in [3.8, 4) is 0 Å². The summed E-state index contributed by atoms with van der Waals surface area (Å²) in [5, 5.41) is 12.5. The first-order chi connectivity index (χ1) is 9.86. The molecule has 0 amide bonds. The normalized spacial score (nSPS) is 11.8. The summed E-state index contributed by atoms with van der Waals surface area (Å²) in [7, 11) is 0. The molecular formula is C18H29NO. The SMILES string of the molecule is CCCCCCCCCCC(Cc1ccccc1)=NO. The van der Waals surface area contributed by atoms with Gasteiger partial charge in [0.1, 0.15) is 0 Å². The zero-order valence-corrected chi connectivity index (χ0v) is 12.9. The first-order valence-corrected chi connectivity index (χ1v) is 8.10. The van der Waals surface area contributed by atoms with Gasteiger partial charge in [0.2, 0.25) is 0 Å². The molecule has 1 N–H and O–H groups in total. The average molecular weight is 275 g/mol. The van der Waals surface area contributed by atoms with Crippen LogP contribution in [0.5, 0.6) is 0 Å². The number of oxime groups is 1. The van der Waals surface area contributed by atoms with E-state index in [0.29, 0.717) is 0 Å². The molecule has 0 aliphatic carbocycles. The number of benzene rings is 1. The molecule has 2 nitrogen and oxygen atoms in total. The molecule has 2 heteroatoms. The van der Waals surface area contributed by atoms with Crippen molar-refractivity contribution in [2.24, 2.45) is 5.16 Å². The Morgan fingerprint density at radius 1 is 0.900 bits per heavy atom. The Morgan fingerprint density at radius 2 is 1.50 bits per heavy atom. The van der Waals surface area contributed by atoms with E-state index < -0.39 is 0 Å². The van der Waals surface area contributed by atoms with Crippen LogP contribution in [0.4, 0.5) is 0 Å². The summed E-state index contributed by atoms with van der Waals surface area (Å²) in [4.78, 5) is 0. The van der Waals surface area contributed by atoms with Gasteiger partial charge in [0.05, 0.1) is 5.71 Å². The lowest BCUT2D eigenvalue weighted by Crippen LogP contribution is -2.03. The van der Waals surface area contributed by atoms with Gasteiger partial charge in [-0.15, -0.1) is 0 Å². The second-order valence-corrected chi connectivity index (χ2v) is 5.55. The minimum absolute atomic E-state index is 0.772. The maximum absolute atomic E-state index is 9.08. The summed E-state index contributed by atoms with van der Waals surface area (Å²) < 4.78 is 0. The third-order valence-corrected chi connectivity index (χ3v) is 3.71. The van der Waals surface area contributed by atoms with Crippen molar-refractivity contribution in [1.82, 2.24) is 0 Å². The molecule has 0 radical (unpaired) electrons. The molecule has 0 spiro atoms. The zero-order valence-electron chi connectivity index (χ0n) is 12.9. The topological polar surface area (TPSA) is 32.6 Å². The number of hydrogen-bond acceptors (Lipinski definition) is 2. The molecule has 0 aromatic heterocycles. The molecule has 0 saturated heterocycles. The van der Waals surface area contributed by atoms with Crippen LogP contribution in [0.3, 0.4) is 0 Å². The van der Waals surface area contributed by atoms with Crippen molar-refractivity contribution in [3.05, 3.63) is 35.9 Å². The van der Waals surface area contributed by atoms with E-state index >= 15 is 0 Å². The second-order valence-electron chi connectivity index (χ2n) is 5.55. The fourth-order valence-corrected chi connectivity index (χ4v) is 2.47. The summed E-state index contributed by atoms with van der Waals surface area (Å²) in [6.07, 6.45) is 12.2. The zero-order chi connectivity index (χ0) is 14.5. The smallest absolute Gasteiger partial charge is 0.0614 e. The van der Waals surface area contributed by atoms with Gasteiger partial charge in [0.25, 0.3) is 0 Å². The summed E-state index contributed by atoms with van der Waals surface area (Å²) in [5.41, 5.74) is 2.13. The fraction of sp³-hybridized carbons (Fsp3) is 0.611. The Kier molecular flexibility index (Phi) is 9.64. The van der Waals surface area contributed by atoms with E-state index in [9.17, 15) is 0 Å². The van der Waals surface area contributed by atoms with Crippen LogP contribution in [-0.4, -0.2) is 10.9 Å². The fourth-order valence-electron chi connectivity index (χ4n) is 2.47. The van der Waals surface area contributed by atoms with Crippen molar-refractivity contribution in [3.63, 3.8) is 0 Å². The van der Waals surface area contributed by atoms with Crippen LogP contribution < -0.4 is 0 Å². The highest BCUT2D eigenvalue weighted by Crippen LogP contribution is 2.11. The standard InChI is InChI=1S/C18H29NO/c1-2-3-4-5-6-7-8-12-15-18(19-20)16-17-13-10-9-11-14-17/h9-11,13-14,20H,2-8,12,15-16H2,1H3. The third kappa shape index (κ3) is 7.98. The molecule has 0 aliphatic rings. The van der Waals surface area contributed by atoms with Gasteiger partial charge in [0.15, 0.2) is 0 Å². The minimum atomic E-state index is 0.772. The first-order valence-electron chi connectivity index (χ1n) is 8.10. The van der Waals surface area contributed by atoms with Crippen molar-refractivity contribution in [2.75, 3.05) is 0 Å². The Bertz CT molecular complexity index is 359. The minimum Gasteiger partial charge on any atom is -0.411 e. The van der Waals surface area contributed by atoms with Gasteiger partial charge in [-0.1, -0.05) is 87.4 Å². The van der Waals surface area contributed by atoms with Crippen molar-refractivity contribution in [2.45, 2.75) is 71.1 Å². The third-order valence-electron chi connectivity index (χ3n) is 3.71. The Morgan fingerprint density at radius 3 is 2.10 bits per heavy atom. The van der Waals surface area contributed by atoms with Crippen molar-refractivity contribution in [1.29, 1.82) is 0 Å². The highest BCUT2D eigenvalue weighted by molar-refractivity contribution is 5.85. The molecule has 0 bridgehead atoms. The van der Waals surface area contributed by atoms with E-state index in [2.05, 4.69) is 24.2 Å². The van der Waals surface area contributed by atoms with Gasteiger partial charge in [-0.05, 0) is 18.4 Å². The highest BCUT2D eigenvalue weighted by atomic mass is 16.4. The molecule has 0 heterocycles. The molecule has 0 atom stereocenters. The van der Waals surface area contributed by atoms with E-state index in [1.807, 2.05) is 18.2 Å². The first kappa shape index (κ1) is 16.7. The van der Waals surface area contributed by atoms with E-state index in [0.717, 1.165) is 25.0 Å². The monoisotopic (exact) mass is 275 g/mol. The van der Waals surface area contributed by atoms with Gasteiger partial charge in [-0.2, -0.15) is 0 Å². The molecule has 1 rings (SSSR count). The van der Waals surface area contributed by atoms with Crippen LogP contribution in [0.25, 0.3) is 0 Å². The average Bonchev–Trinajstić information content (AvgIpc) is 2.49. The van der Waals surface area contributed by atoms with E-state index in [-0.39, 0.29) is 0 Å². The van der Waals surface area contributed by atoms with Crippen LogP contribution in [-0.2, 0) is 6.42 Å². The molecule has 0 fully saturated rings. The van der Waals surface area contributed by atoms with E-state index in [1.54, 1.807) is 0 Å². The molecular weight excluding hydrogens is 246 g/mol. The number of hydrogen-bond donors (Lipinski definition) is 1. The largest absolute Gasteiger partial charge is 0.411 e. The van der Waals surface area contributed by atoms with E-state index in [1.165, 1.54) is 50.5 Å². The summed E-state index contributed by atoms with van der Waals surface area (Å²) in [6, 6.07) is 10.2. The van der Waals surface area contributed by atoms with Gasteiger partial charge in [-0.3, -0.25) is 0 Å². The van der Waals surface area contributed by atoms with Crippen LogP contribution >= 0.6 is 0 Å². The Labute approximate surface area is 123 Å². The van der Waals surface area contributed by atoms with Crippen LogP contribution in [0, 0.1) is 0 Å². The highest BCUT2D eigenvalue weighted by Gasteiger charge is 2.02. The Hall–Kier alpha value is -1.31. The lowest BCUT2D eigenvalue weighted by molar-refractivity contribution is 0.316. The van der Waals surface area contributed by atoms with Crippen LogP contribution in [0.15, 0.2) is 35.5 Å². The van der Waals surface area contributed by atoms with Gasteiger partial charge < -0.3 is 5.21 Å². The maximum atomic E-state index is 9.08. The lowest BCUT2D eigenvalue weighted by atomic mass is 10.0. The summed E-state index contributed by atoms with van der Waals surface area (Å²) in [6.45, 7) is 2.25. The van der Waals surface area contributed by atoms with E-state index in [4.69, 9.17) is 5.21 Å². The lowest BCUT2D eigenvalue weighted by Gasteiger charge is -2.05. The van der Waals surface area contributed by atoms with Crippen molar-refractivity contribution >= 4 is 5.71 Å². The second kappa shape index (κ2) is 11.5. The maximum Gasteiger partial charge on any atom is 0.0614 e. The van der Waals surface area contributed by atoms with Gasteiger partial charge in [0, 0.05) is 6.42 Å². The van der Waals surface area contributed by atoms with Crippen LogP contribution in [0.2, 0.25) is 0 Å². The summed E-state index contributed by atoms with van der Waals surface area (Å²) >= 11 is 0. The molecule has 0 aliphatic heterocycles. The predicted octanol–water partition coefficient (Wildman–Crippen LogP) is 5.59. The molecule has 1 aromatic carbocycles. The molecule has 0 saturated carbocycles. The number of nitrogens with zero attached hydrogens (tertiary/aromatic N) is 1. The molecule has 0 unspecified atom stereocenters. The van der Waals surface area contributed by atoms with Gasteiger partial charge in [-0.25, -0.2) is 0 Å². The van der Waals surface area contributed by atoms with Crippen molar-refractivity contribution < 1.29 is 5.21 Å². The summed E-state index contributed by atoms with van der Waals surface area (Å²) in [5.74, 6) is 0. The molecule has 20 heavy (non-hydrogen) atoms. The quantitative estimate of drug-likeness (QED) is 0.243. The number of rotatable bonds is 11. The molecule has 1 aromatic rings. The number of unbranched alkanes of at least 4 members (excludes halogenated alkanes) is 7. The molecule has 112 valence electrons. The predicted molar refractivity (Wildman–Crippen MR) is 86.6 cm³/mol.